The number of carbonyl (C=O) groups is 1. The van der Waals surface area contributed by atoms with Crippen LogP contribution in [0.3, 0.4) is 0 Å². The average molecular weight is 133 g/mol. The molecule has 8 heavy (non-hydrogen) atoms. The van der Waals surface area contributed by atoms with E-state index in [1.807, 2.05) is 20.5 Å². The van der Waals surface area contributed by atoms with Crippen molar-refractivity contribution in [2.75, 3.05) is 6.66 Å². The molecule has 1 amide bonds. The SMILES string of the molecule is CPC(=O)NC(C)C. The summed E-state index contributed by atoms with van der Waals surface area (Å²) in [6.45, 7) is 5.79. The first-order valence-corrected chi connectivity index (χ1v) is 4.15. The Morgan fingerprint density at radius 3 is 2.25 bits per heavy atom. The second-order valence-electron chi connectivity index (χ2n) is 1.88. The highest BCUT2D eigenvalue weighted by molar-refractivity contribution is 7.56. The van der Waals surface area contributed by atoms with Crippen LogP contribution in [-0.2, 0) is 0 Å². The van der Waals surface area contributed by atoms with Gasteiger partial charge in [0, 0.05) is 6.04 Å². The van der Waals surface area contributed by atoms with Crippen molar-refractivity contribution in [2.45, 2.75) is 19.9 Å². The summed E-state index contributed by atoms with van der Waals surface area (Å²) in [5.74, 6) is 0. The quantitative estimate of drug-likeness (QED) is 0.567. The van der Waals surface area contributed by atoms with Gasteiger partial charge in [-0.15, -0.1) is 0 Å². The Morgan fingerprint density at radius 1 is 1.62 bits per heavy atom. The lowest BCUT2D eigenvalue weighted by atomic mass is 10.4. The summed E-state index contributed by atoms with van der Waals surface area (Å²) in [4.78, 5) is 10.5. The second kappa shape index (κ2) is 3.85. The lowest BCUT2D eigenvalue weighted by Crippen LogP contribution is -2.25. The van der Waals surface area contributed by atoms with Gasteiger partial charge in [0.1, 0.15) is 0 Å². The van der Waals surface area contributed by atoms with Crippen LogP contribution in [0.4, 0.5) is 4.79 Å². The van der Waals surface area contributed by atoms with Crippen molar-refractivity contribution in [2.24, 2.45) is 0 Å². The van der Waals surface area contributed by atoms with E-state index in [1.54, 1.807) is 0 Å². The predicted molar refractivity (Wildman–Crippen MR) is 37.9 cm³/mol. The zero-order valence-electron chi connectivity index (χ0n) is 5.49. The highest BCUT2D eigenvalue weighted by atomic mass is 31.1. The lowest BCUT2D eigenvalue weighted by molar-refractivity contribution is 0.258. The van der Waals surface area contributed by atoms with E-state index in [2.05, 4.69) is 5.32 Å². The van der Waals surface area contributed by atoms with Gasteiger partial charge in [0.05, 0.1) is 0 Å². The van der Waals surface area contributed by atoms with Gasteiger partial charge in [0.15, 0.2) is 0 Å². The van der Waals surface area contributed by atoms with Gasteiger partial charge in [-0.2, -0.15) is 0 Å². The zero-order valence-corrected chi connectivity index (χ0v) is 6.49. The van der Waals surface area contributed by atoms with E-state index in [0.29, 0.717) is 8.58 Å². The van der Waals surface area contributed by atoms with Gasteiger partial charge in [-0.1, -0.05) is 0 Å². The largest absolute Gasteiger partial charge is 0.351 e. The van der Waals surface area contributed by atoms with Crippen LogP contribution in [0, 0.1) is 0 Å². The summed E-state index contributed by atoms with van der Waals surface area (Å²) in [6, 6.07) is 0.287. The maximum atomic E-state index is 10.5. The molecule has 0 fully saturated rings. The van der Waals surface area contributed by atoms with Gasteiger partial charge in [-0.3, -0.25) is 4.79 Å². The fraction of sp³-hybridized carbons (Fsp3) is 0.800. The van der Waals surface area contributed by atoms with E-state index in [0.717, 1.165) is 0 Å². The van der Waals surface area contributed by atoms with Crippen LogP contribution >= 0.6 is 8.58 Å². The molecule has 0 aliphatic carbocycles. The molecule has 0 radical (unpaired) electrons. The van der Waals surface area contributed by atoms with Crippen LogP contribution in [-0.4, -0.2) is 18.4 Å². The van der Waals surface area contributed by atoms with Crippen molar-refractivity contribution >= 4 is 14.2 Å². The van der Waals surface area contributed by atoms with Crippen LogP contribution in [0.15, 0.2) is 0 Å². The maximum absolute atomic E-state index is 10.5. The molecule has 0 bridgehead atoms. The molecule has 0 aromatic heterocycles. The van der Waals surface area contributed by atoms with Gasteiger partial charge >= 0.3 is 0 Å². The number of hydrogen-bond acceptors (Lipinski definition) is 1. The van der Waals surface area contributed by atoms with Crippen LogP contribution < -0.4 is 5.32 Å². The first kappa shape index (κ1) is 7.90. The number of carbonyl (C=O) groups excluding carboxylic acids is 1. The third-order valence-corrected chi connectivity index (χ3v) is 1.25. The van der Waals surface area contributed by atoms with E-state index in [4.69, 9.17) is 0 Å². The third-order valence-electron chi connectivity index (χ3n) is 0.647. The van der Waals surface area contributed by atoms with Gasteiger partial charge in [0.25, 0.3) is 0 Å². The molecule has 0 saturated heterocycles. The zero-order chi connectivity index (χ0) is 6.57. The van der Waals surface area contributed by atoms with Crippen molar-refractivity contribution in [3.05, 3.63) is 0 Å². The minimum atomic E-state index is 0.153. The topological polar surface area (TPSA) is 29.1 Å². The summed E-state index contributed by atoms with van der Waals surface area (Å²) in [6.07, 6.45) is 0. The smallest absolute Gasteiger partial charge is 0.237 e. The molecule has 1 unspecified atom stereocenters. The summed E-state index contributed by atoms with van der Waals surface area (Å²) >= 11 is 0. The van der Waals surface area contributed by atoms with Gasteiger partial charge in [-0.25, -0.2) is 0 Å². The molecule has 3 heteroatoms. The molecule has 1 N–H and O–H groups in total. The van der Waals surface area contributed by atoms with E-state index in [-0.39, 0.29) is 11.7 Å². The van der Waals surface area contributed by atoms with Gasteiger partial charge in [0.2, 0.25) is 5.65 Å². The lowest BCUT2D eigenvalue weighted by Gasteiger charge is -2.04. The molecule has 0 spiro atoms. The standard InChI is InChI=1S/C5H12NOP/c1-4(2)6-5(7)8-3/h4,8H,1-3H3,(H,6,7). The number of rotatable bonds is 2. The first-order chi connectivity index (χ1) is 3.66. The van der Waals surface area contributed by atoms with Crippen molar-refractivity contribution in [3.63, 3.8) is 0 Å². The highest BCUT2D eigenvalue weighted by Gasteiger charge is 1.96. The Balaban J connectivity index is 3.25. The molecule has 0 aromatic rings. The van der Waals surface area contributed by atoms with Crippen LogP contribution in [0.25, 0.3) is 0 Å². The molecule has 0 saturated carbocycles. The number of nitrogens with one attached hydrogen (secondary N) is 1. The average Bonchev–Trinajstić information content (AvgIpc) is 1.65. The third kappa shape index (κ3) is 4.07. The Kier molecular flexibility index (Phi) is 3.80. The van der Waals surface area contributed by atoms with Crippen molar-refractivity contribution in [3.8, 4) is 0 Å². The molecule has 0 aliphatic heterocycles. The molecule has 0 aromatic carbocycles. The van der Waals surface area contributed by atoms with Crippen molar-refractivity contribution in [1.29, 1.82) is 0 Å². The van der Waals surface area contributed by atoms with Crippen molar-refractivity contribution < 1.29 is 4.79 Å². The van der Waals surface area contributed by atoms with Gasteiger partial charge < -0.3 is 5.32 Å². The molecule has 48 valence electrons. The molecule has 2 nitrogen and oxygen atoms in total. The first-order valence-electron chi connectivity index (χ1n) is 2.65. The Morgan fingerprint density at radius 2 is 2.12 bits per heavy atom. The number of hydrogen-bond donors (Lipinski definition) is 1. The highest BCUT2D eigenvalue weighted by Crippen LogP contribution is 2.02. The molecular formula is C5H12NOP. The molecule has 0 aliphatic rings. The fourth-order valence-electron chi connectivity index (χ4n) is 0.334. The minimum absolute atomic E-state index is 0.153. The van der Waals surface area contributed by atoms with E-state index >= 15 is 0 Å². The summed E-state index contributed by atoms with van der Waals surface area (Å²) in [5.41, 5.74) is 0.153. The van der Waals surface area contributed by atoms with E-state index in [9.17, 15) is 4.79 Å². The Hall–Kier alpha value is -0.100. The molecule has 1 atom stereocenters. The van der Waals surface area contributed by atoms with Crippen LogP contribution in [0.1, 0.15) is 13.8 Å². The molecule has 0 heterocycles. The van der Waals surface area contributed by atoms with Crippen molar-refractivity contribution in [1.82, 2.24) is 5.32 Å². The number of amides is 1. The van der Waals surface area contributed by atoms with E-state index in [1.165, 1.54) is 0 Å². The van der Waals surface area contributed by atoms with Crippen LogP contribution in [0.2, 0.25) is 0 Å². The molecular weight excluding hydrogens is 121 g/mol. The summed E-state index contributed by atoms with van der Waals surface area (Å²) in [5, 5.41) is 2.77. The second-order valence-corrected chi connectivity index (χ2v) is 2.83. The summed E-state index contributed by atoms with van der Waals surface area (Å²) in [7, 11) is 0.374. The van der Waals surface area contributed by atoms with E-state index < -0.39 is 0 Å². The maximum Gasteiger partial charge on any atom is 0.237 e. The summed E-state index contributed by atoms with van der Waals surface area (Å²) < 4.78 is 0. The van der Waals surface area contributed by atoms with Crippen LogP contribution in [0.5, 0.6) is 0 Å². The normalized spacial score (nSPS) is 11.0. The minimum Gasteiger partial charge on any atom is -0.351 e. The monoisotopic (exact) mass is 133 g/mol. The molecule has 0 rings (SSSR count). The Labute approximate surface area is 51.8 Å². The predicted octanol–water partition coefficient (Wildman–Crippen LogP) is 1.41. The Bertz CT molecular complexity index is 82.5. The van der Waals surface area contributed by atoms with Gasteiger partial charge in [-0.05, 0) is 29.1 Å². The fourth-order valence-corrected chi connectivity index (χ4v) is 0.767.